The molecule has 4 rings (SSSR count). The molecule has 0 radical (unpaired) electrons. The minimum atomic E-state index is -0.207. The minimum Gasteiger partial charge on any atom is -0.372 e. The maximum atomic E-state index is 13.5. The lowest BCUT2D eigenvalue weighted by atomic mass is 10.0. The lowest BCUT2D eigenvalue weighted by Crippen LogP contribution is -2.47. The van der Waals surface area contributed by atoms with Crippen molar-refractivity contribution in [2.24, 2.45) is 0 Å². The van der Waals surface area contributed by atoms with Gasteiger partial charge in [-0.1, -0.05) is 60.2 Å². The number of rotatable bonds is 5. The van der Waals surface area contributed by atoms with Crippen molar-refractivity contribution in [1.29, 1.82) is 0 Å². The Balaban J connectivity index is 1.68. The second-order valence-electron chi connectivity index (χ2n) is 8.25. The molecule has 5 nitrogen and oxygen atoms in total. The predicted octanol–water partition coefficient (Wildman–Crippen LogP) is 3.43. The van der Waals surface area contributed by atoms with Crippen molar-refractivity contribution in [3.63, 3.8) is 0 Å². The van der Waals surface area contributed by atoms with Crippen LogP contribution >= 0.6 is 0 Å². The van der Waals surface area contributed by atoms with E-state index in [0.29, 0.717) is 37.3 Å². The SMILES string of the molecule is Cc1ccc(C2=C(N3CC(C)OC(C)C3)C(=O)N(CCc3ccccc3)C2=O)cc1. The van der Waals surface area contributed by atoms with E-state index in [1.165, 1.54) is 4.90 Å². The van der Waals surface area contributed by atoms with Crippen molar-refractivity contribution in [2.75, 3.05) is 19.6 Å². The second-order valence-corrected chi connectivity index (χ2v) is 8.25. The summed E-state index contributed by atoms with van der Waals surface area (Å²) in [6.07, 6.45) is 0.645. The fourth-order valence-electron chi connectivity index (χ4n) is 4.29. The van der Waals surface area contributed by atoms with Crippen LogP contribution in [0.3, 0.4) is 0 Å². The maximum absolute atomic E-state index is 13.5. The molecule has 0 aliphatic carbocycles. The predicted molar refractivity (Wildman–Crippen MR) is 117 cm³/mol. The summed E-state index contributed by atoms with van der Waals surface area (Å²) in [4.78, 5) is 30.3. The van der Waals surface area contributed by atoms with Crippen LogP contribution in [-0.2, 0) is 20.7 Å². The molecule has 5 heteroatoms. The lowest BCUT2D eigenvalue weighted by Gasteiger charge is -2.37. The van der Waals surface area contributed by atoms with Crippen LogP contribution in [-0.4, -0.2) is 53.5 Å². The zero-order valence-electron chi connectivity index (χ0n) is 17.8. The standard InChI is InChI=1S/C25H28N2O3/c1-17-9-11-21(12-10-17)22-23(26-15-18(2)30-19(3)16-26)25(29)27(24(22)28)14-13-20-7-5-4-6-8-20/h4-12,18-19H,13-16H2,1-3H3. The number of benzene rings is 2. The molecule has 2 unspecified atom stereocenters. The van der Waals surface area contributed by atoms with Crippen molar-refractivity contribution >= 4 is 17.4 Å². The second kappa shape index (κ2) is 8.44. The maximum Gasteiger partial charge on any atom is 0.277 e. The summed E-state index contributed by atoms with van der Waals surface area (Å²) in [5.74, 6) is -0.408. The highest BCUT2D eigenvalue weighted by Gasteiger charge is 2.42. The fourth-order valence-corrected chi connectivity index (χ4v) is 4.29. The molecule has 2 amide bonds. The Bertz CT molecular complexity index is 956. The highest BCUT2D eigenvalue weighted by molar-refractivity contribution is 6.35. The summed E-state index contributed by atoms with van der Waals surface area (Å²) >= 11 is 0. The van der Waals surface area contributed by atoms with Gasteiger partial charge in [-0.2, -0.15) is 0 Å². The van der Waals surface area contributed by atoms with Gasteiger partial charge in [0.15, 0.2) is 0 Å². The van der Waals surface area contributed by atoms with Crippen LogP contribution in [0.4, 0.5) is 0 Å². The first kappa shape index (κ1) is 20.4. The third-order valence-corrected chi connectivity index (χ3v) is 5.69. The molecule has 0 N–H and O–H groups in total. The van der Waals surface area contributed by atoms with Gasteiger partial charge in [0.2, 0.25) is 0 Å². The summed E-state index contributed by atoms with van der Waals surface area (Å²) in [5.41, 5.74) is 4.04. The number of carbonyl (C=O) groups excluding carboxylic acids is 2. The van der Waals surface area contributed by atoms with E-state index in [1.54, 1.807) is 0 Å². The van der Waals surface area contributed by atoms with Gasteiger partial charge in [0.05, 0.1) is 17.8 Å². The van der Waals surface area contributed by atoms with Gasteiger partial charge in [0.1, 0.15) is 5.70 Å². The molecular formula is C25H28N2O3. The Kier molecular flexibility index (Phi) is 5.73. The van der Waals surface area contributed by atoms with Gasteiger partial charge in [-0.15, -0.1) is 0 Å². The molecule has 2 aromatic carbocycles. The van der Waals surface area contributed by atoms with Crippen molar-refractivity contribution in [3.8, 4) is 0 Å². The van der Waals surface area contributed by atoms with Crippen LogP contribution in [0.2, 0.25) is 0 Å². The van der Waals surface area contributed by atoms with Crippen molar-refractivity contribution in [2.45, 2.75) is 39.4 Å². The molecule has 2 aromatic rings. The highest BCUT2D eigenvalue weighted by Crippen LogP contribution is 2.33. The fraction of sp³-hybridized carbons (Fsp3) is 0.360. The summed E-state index contributed by atoms with van der Waals surface area (Å²) in [6.45, 7) is 7.59. The van der Waals surface area contributed by atoms with E-state index in [0.717, 1.165) is 16.7 Å². The van der Waals surface area contributed by atoms with Gasteiger partial charge in [-0.3, -0.25) is 14.5 Å². The van der Waals surface area contributed by atoms with E-state index < -0.39 is 0 Å². The van der Waals surface area contributed by atoms with Crippen LogP contribution in [0.25, 0.3) is 5.57 Å². The number of morpholine rings is 1. The number of carbonyl (C=O) groups is 2. The largest absolute Gasteiger partial charge is 0.372 e. The smallest absolute Gasteiger partial charge is 0.277 e. The van der Waals surface area contributed by atoms with Crippen molar-refractivity contribution in [3.05, 3.63) is 77.0 Å². The Hall–Kier alpha value is -2.92. The Labute approximate surface area is 177 Å². The molecule has 1 saturated heterocycles. The van der Waals surface area contributed by atoms with E-state index in [9.17, 15) is 9.59 Å². The summed E-state index contributed by atoms with van der Waals surface area (Å²) in [6, 6.07) is 17.8. The summed E-state index contributed by atoms with van der Waals surface area (Å²) in [5, 5.41) is 0. The minimum absolute atomic E-state index is 0.00166. The first-order valence-corrected chi connectivity index (χ1v) is 10.6. The molecular weight excluding hydrogens is 376 g/mol. The van der Waals surface area contributed by atoms with E-state index in [1.807, 2.05) is 80.3 Å². The number of hydrogen-bond donors (Lipinski definition) is 0. The number of ether oxygens (including phenoxy) is 1. The monoisotopic (exact) mass is 404 g/mol. The van der Waals surface area contributed by atoms with E-state index in [4.69, 9.17) is 4.74 Å². The van der Waals surface area contributed by atoms with E-state index in [-0.39, 0.29) is 24.0 Å². The normalized spacial score (nSPS) is 22.2. The van der Waals surface area contributed by atoms with Gasteiger partial charge in [-0.25, -0.2) is 0 Å². The number of aryl methyl sites for hydroxylation is 1. The average Bonchev–Trinajstić information content (AvgIpc) is 2.97. The van der Waals surface area contributed by atoms with Gasteiger partial charge in [-0.05, 0) is 38.3 Å². The van der Waals surface area contributed by atoms with Crippen LogP contribution in [0.1, 0.15) is 30.5 Å². The highest BCUT2D eigenvalue weighted by atomic mass is 16.5. The van der Waals surface area contributed by atoms with Gasteiger partial charge in [0.25, 0.3) is 11.8 Å². The number of hydrogen-bond acceptors (Lipinski definition) is 4. The topological polar surface area (TPSA) is 49.9 Å². The summed E-state index contributed by atoms with van der Waals surface area (Å²) < 4.78 is 5.85. The molecule has 156 valence electrons. The zero-order valence-corrected chi connectivity index (χ0v) is 17.8. The van der Waals surface area contributed by atoms with Crippen LogP contribution < -0.4 is 0 Å². The zero-order chi connectivity index (χ0) is 21.3. The number of amides is 2. The molecule has 2 aliphatic heterocycles. The van der Waals surface area contributed by atoms with Crippen LogP contribution in [0.5, 0.6) is 0 Å². The number of imide groups is 1. The molecule has 0 spiro atoms. The van der Waals surface area contributed by atoms with E-state index >= 15 is 0 Å². The van der Waals surface area contributed by atoms with Crippen molar-refractivity contribution in [1.82, 2.24) is 9.80 Å². The third kappa shape index (κ3) is 4.03. The first-order chi connectivity index (χ1) is 14.4. The first-order valence-electron chi connectivity index (χ1n) is 10.6. The lowest BCUT2D eigenvalue weighted by molar-refractivity contribution is -0.138. The molecule has 1 fully saturated rings. The molecule has 2 aliphatic rings. The summed E-state index contributed by atoms with van der Waals surface area (Å²) in [7, 11) is 0. The van der Waals surface area contributed by atoms with Gasteiger partial charge < -0.3 is 9.64 Å². The Morgan fingerprint density at radius 3 is 2.17 bits per heavy atom. The van der Waals surface area contributed by atoms with Gasteiger partial charge in [0, 0.05) is 19.6 Å². The quantitative estimate of drug-likeness (QED) is 0.717. The van der Waals surface area contributed by atoms with Crippen LogP contribution in [0, 0.1) is 6.92 Å². The molecule has 0 saturated carbocycles. The molecule has 2 heterocycles. The van der Waals surface area contributed by atoms with Crippen molar-refractivity contribution < 1.29 is 14.3 Å². The van der Waals surface area contributed by atoms with Gasteiger partial charge >= 0.3 is 0 Å². The van der Waals surface area contributed by atoms with Crippen LogP contribution in [0.15, 0.2) is 60.3 Å². The average molecular weight is 405 g/mol. The molecule has 2 atom stereocenters. The van der Waals surface area contributed by atoms with E-state index in [2.05, 4.69) is 0 Å². The molecule has 0 bridgehead atoms. The third-order valence-electron chi connectivity index (χ3n) is 5.69. The number of nitrogens with zero attached hydrogens (tertiary/aromatic N) is 2. The molecule has 30 heavy (non-hydrogen) atoms. The molecule has 0 aromatic heterocycles. The Morgan fingerprint density at radius 1 is 0.900 bits per heavy atom. The Morgan fingerprint density at radius 2 is 1.53 bits per heavy atom.